The Bertz CT molecular complexity index is 1100. The molecule has 0 aliphatic rings. The summed E-state index contributed by atoms with van der Waals surface area (Å²) in [5.74, 6) is 0.536. The highest BCUT2D eigenvalue weighted by molar-refractivity contribution is 6.06. The molecule has 3 aromatic heterocycles. The molecule has 0 saturated carbocycles. The first-order valence-electron chi connectivity index (χ1n) is 8.38. The van der Waals surface area contributed by atoms with Gasteiger partial charge < -0.3 is 9.88 Å². The fraction of sp³-hybridized carbons (Fsp3) is 0.150. The van der Waals surface area contributed by atoms with Gasteiger partial charge in [0.15, 0.2) is 0 Å². The van der Waals surface area contributed by atoms with Crippen molar-refractivity contribution in [1.29, 1.82) is 0 Å². The first-order valence-corrected chi connectivity index (χ1v) is 8.38. The molecular weight excluding hydrogens is 326 g/mol. The molecule has 0 aliphatic carbocycles. The van der Waals surface area contributed by atoms with Gasteiger partial charge in [0, 0.05) is 23.8 Å². The number of aromatic nitrogens is 4. The zero-order valence-corrected chi connectivity index (χ0v) is 14.9. The van der Waals surface area contributed by atoms with E-state index in [1.165, 1.54) is 0 Å². The van der Waals surface area contributed by atoms with Crippen LogP contribution >= 0.6 is 0 Å². The highest BCUT2D eigenvalue weighted by Crippen LogP contribution is 2.22. The number of nitrogens with one attached hydrogen (secondary N) is 1. The number of para-hydroxylation sites is 1. The SMILES string of the molecule is Cc1ccc(C)n1-c1c(C(=O)Nc2cnc3ccccc3c2)cnn1C. The summed E-state index contributed by atoms with van der Waals surface area (Å²) in [5, 5.41) is 8.20. The number of pyridine rings is 1. The second kappa shape index (κ2) is 6.15. The van der Waals surface area contributed by atoms with E-state index in [-0.39, 0.29) is 5.91 Å². The van der Waals surface area contributed by atoms with Gasteiger partial charge in [-0.25, -0.2) is 0 Å². The normalized spacial score (nSPS) is 11.0. The van der Waals surface area contributed by atoms with E-state index >= 15 is 0 Å². The number of carbonyl (C=O) groups is 1. The second-order valence-corrected chi connectivity index (χ2v) is 6.33. The average Bonchev–Trinajstić information content (AvgIpc) is 3.16. The number of rotatable bonds is 3. The van der Waals surface area contributed by atoms with E-state index in [1.54, 1.807) is 17.1 Å². The van der Waals surface area contributed by atoms with Crippen molar-refractivity contribution in [1.82, 2.24) is 19.3 Å². The van der Waals surface area contributed by atoms with Crippen molar-refractivity contribution < 1.29 is 4.79 Å². The fourth-order valence-corrected chi connectivity index (χ4v) is 3.20. The van der Waals surface area contributed by atoms with Gasteiger partial charge in [-0.05, 0) is 38.1 Å². The van der Waals surface area contributed by atoms with E-state index in [9.17, 15) is 4.79 Å². The predicted molar refractivity (Wildman–Crippen MR) is 102 cm³/mol. The summed E-state index contributed by atoms with van der Waals surface area (Å²) in [5.41, 5.74) is 4.17. The number of aryl methyl sites for hydroxylation is 3. The number of hydrogen-bond donors (Lipinski definition) is 1. The highest BCUT2D eigenvalue weighted by Gasteiger charge is 2.20. The molecule has 1 amide bonds. The van der Waals surface area contributed by atoms with Gasteiger partial charge in [-0.15, -0.1) is 0 Å². The van der Waals surface area contributed by atoms with Crippen LogP contribution in [0, 0.1) is 13.8 Å². The quantitative estimate of drug-likeness (QED) is 0.617. The Balaban J connectivity index is 1.71. The molecule has 26 heavy (non-hydrogen) atoms. The molecule has 130 valence electrons. The third-order valence-corrected chi connectivity index (χ3v) is 4.48. The molecule has 6 heteroatoms. The van der Waals surface area contributed by atoms with Crippen molar-refractivity contribution >= 4 is 22.5 Å². The van der Waals surface area contributed by atoms with Gasteiger partial charge in [-0.3, -0.25) is 14.5 Å². The molecule has 1 aromatic carbocycles. The van der Waals surface area contributed by atoms with Crippen LogP contribution in [0.25, 0.3) is 16.7 Å². The molecule has 0 fully saturated rings. The molecule has 0 saturated heterocycles. The molecule has 0 aliphatic heterocycles. The van der Waals surface area contributed by atoms with Crippen LogP contribution < -0.4 is 5.32 Å². The van der Waals surface area contributed by atoms with Crippen molar-refractivity contribution in [2.75, 3.05) is 5.32 Å². The van der Waals surface area contributed by atoms with Gasteiger partial charge in [0.05, 0.1) is 23.6 Å². The van der Waals surface area contributed by atoms with E-state index in [2.05, 4.69) is 15.4 Å². The Labute approximate surface area is 151 Å². The number of carbonyl (C=O) groups excluding carboxylic acids is 1. The van der Waals surface area contributed by atoms with Gasteiger partial charge in [-0.1, -0.05) is 18.2 Å². The lowest BCUT2D eigenvalue weighted by molar-refractivity contribution is 0.102. The number of fused-ring (bicyclic) bond motifs is 1. The molecule has 0 unspecified atom stereocenters. The van der Waals surface area contributed by atoms with Crippen molar-refractivity contribution in [3.63, 3.8) is 0 Å². The minimum Gasteiger partial charge on any atom is -0.320 e. The van der Waals surface area contributed by atoms with Gasteiger partial charge in [0.2, 0.25) is 0 Å². The van der Waals surface area contributed by atoms with E-state index in [4.69, 9.17) is 0 Å². The zero-order valence-electron chi connectivity index (χ0n) is 14.9. The maximum Gasteiger partial charge on any atom is 0.261 e. The van der Waals surface area contributed by atoms with Crippen molar-refractivity contribution in [2.45, 2.75) is 13.8 Å². The molecule has 0 atom stereocenters. The van der Waals surface area contributed by atoms with Gasteiger partial charge in [-0.2, -0.15) is 5.10 Å². The zero-order chi connectivity index (χ0) is 18.3. The molecule has 0 radical (unpaired) electrons. The Morgan fingerprint density at radius 2 is 1.77 bits per heavy atom. The van der Waals surface area contributed by atoms with Gasteiger partial charge in [0.1, 0.15) is 11.4 Å². The Hall–Kier alpha value is -3.41. The molecule has 1 N–H and O–H groups in total. The number of anilines is 1. The molecular formula is C20H19N5O. The smallest absolute Gasteiger partial charge is 0.261 e. The van der Waals surface area contributed by atoms with E-state index in [1.807, 2.05) is 67.9 Å². The highest BCUT2D eigenvalue weighted by atomic mass is 16.1. The maximum absolute atomic E-state index is 12.9. The number of benzene rings is 1. The minimum atomic E-state index is -0.210. The van der Waals surface area contributed by atoms with Crippen molar-refractivity contribution in [2.24, 2.45) is 7.05 Å². The Morgan fingerprint density at radius 3 is 2.54 bits per heavy atom. The standard InChI is InChI=1S/C20H19N5O/c1-13-8-9-14(2)25(13)20-17(12-22-24(20)3)19(26)23-16-10-15-6-4-5-7-18(15)21-11-16/h4-12H,1-3H3,(H,23,26). The summed E-state index contributed by atoms with van der Waals surface area (Å²) in [6.45, 7) is 4.02. The van der Waals surface area contributed by atoms with Crippen molar-refractivity contribution in [3.05, 3.63) is 71.8 Å². The number of nitrogens with zero attached hydrogens (tertiary/aromatic N) is 4. The van der Waals surface area contributed by atoms with Gasteiger partial charge in [0.25, 0.3) is 5.91 Å². The summed E-state index contributed by atoms with van der Waals surface area (Å²) < 4.78 is 3.74. The molecule has 6 nitrogen and oxygen atoms in total. The summed E-state index contributed by atoms with van der Waals surface area (Å²) >= 11 is 0. The largest absolute Gasteiger partial charge is 0.320 e. The Kier molecular flexibility index (Phi) is 3.80. The van der Waals surface area contributed by atoms with Crippen LogP contribution in [0.3, 0.4) is 0 Å². The van der Waals surface area contributed by atoms with Crippen LogP contribution in [0.4, 0.5) is 5.69 Å². The lowest BCUT2D eigenvalue weighted by Gasteiger charge is -2.12. The Morgan fingerprint density at radius 1 is 1.04 bits per heavy atom. The van der Waals surface area contributed by atoms with Crippen LogP contribution in [0.1, 0.15) is 21.7 Å². The topological polar surface area (TPSA) is 64.7 Å². The minimum absolute atomic E-state index is 0.210. The van der Waals surface area contributed by atoms with Crippen LogP contribution in [0.5, 0.6) is 0 Å². The van der Waals surface area contributed by atoms with E-state index in [0.29, 0.717) is 11.3 Å². The number of amides is 1. The van der Waals surface area contributed by atoms with Crippen LogP contribution in [-0.4, -0.2) is 25.2 Å². The fourth-order valence-electron chi connectivity index (χ4n) is 3.20. The molecule has 4 rings (SSSR count). The second-order valence-electron chi connectivity index (χ2n) is 6.33. The molecule has 0 bridgehead atoms. The third-order valence-electron chi connectivity index (χ3n) is 4.48. The molecule has 4 aromatic rings. The first-order chi connectivity index (χ1) is 12.5. The third kappa shape index (κ3) is 2.65. The maximum atomic E-state index is 12.9. The summed E-state index contributed by atoms with van der Waals surface area (Å²) in [6, 6.07) is 13.8. The predicted octanol–water partition coefficient (Wildman–Crippen LogP) is 3.63. The van der Waals surface area contributed by atoms with Crippen LogP contribution in [0.15, 0.2) is 54.9 Å². The summed E-state index contributed by atoms with van der Waals surface area (Å²) in [6.07, 6.45) is 3.26. The lowest BCUT2D eigenvalue weighted by Crippen LogP contribution is -2.16. The first kappa shape index (κ1) is 16.1. The van der Waals surface area contributed by atoms with Crippen molar-refractivity contribution in [3.8, 4) is 5.82 Å². The van der Waals surface area contributed by atoms with E-state index < -0.39 is 0 Å². The van der Waals surface area contributed by atoms with Crippen LogP contribution in [-0.2, 0) is 7.05 Å². The lowest BCUT2D eigenvalue weighted by atomic mass is 10.2. The number of hydrogen-bond acceptors (Lipinski definition) is 3. The van der Waals surface area contributed by atoms with Gasteiger partial charge >= 0.3 is 0 Å². The summed E-state index contributed by atoms with van der Waals surface area (Å²) in [7, 11) is 1.84. The molecule has 0 spiro atoms. The molecule has 3 heterocycles. The summed E-state index contributed by atoms with van der Waals surface area (Å²) in [4.78, 5) is 17.3. The monoisotopic (exact) mass is 345 g/mol. The average molecular weight is 345 g/mol. The van der Waals surface area contributed by atoms with E-state index in [0.717, 1.165) is 28.1 Å². The van der Waals surface area contributed by atoms with Crippen LogP contribution in [0.2, 0.25) is 0 Å².